The predicted octanol–water partition coefficient (Wildman–Crippen LogP) is -0.170. The van der Waals surface area contributed by atoms with Crippen molar-refractivity contribution < 1.29 is 24.3 Å². The van der Waals surface area contributed by atoms with E-state index in [1.807, 2.05) is 24.3 Å². The summed E-state index contributed by atoms with van der Waals surface area (Å²) in [5.41, 5.74) is 8.59. The van der Waals surface area contributed by atoms with Crippen LogP contribution >= 0.6 is 0 Å². The van der Waals surface area contributed by atoms with Crippen LogP contribution in [0.2, 0.25) is 0 Å². The molecule has 0 saturated carbocycles. The van der Waals surface area contributed by atoms with Crippen molar-refractivity contribution in [1.29, 1.82) is 0 Å². The van der Waals surface area contributed by atoms with Crippen LogP contribution in [0.15, 0.2) is 43.0 Å². The zero-order valence-corrected chi connectivity index (χ0v) is 20.1. The fourth-order valence-corrected chi connectivity index (χ4v) is 3.80. The number of nitrogens with two attached hydrogens (primary N) is 1. The minimum atomic E-state index is -1.20. The number of hydrogen-bond donors (Lipinski definition) is 7. The van der Waals surface area contributed by atoms with Gasteiger partial charge in [-0.3, -0.25) is 19.2 Å². The molecule has 0 spiro atoms. The van der Waals surface area contributed by atoms with Crippen LogP contribution in [-0.2, 0) is 32.0 Å². The van der Waals surface area contributed by atoms with Crippen molar-refractivity contribution in [3.8, 4) is 0 Å². The van der Waals surface area contributed by atoms with E-state index in [9.17, 15) is 19.2 Å². The lowest BCUT2D eigenvalue weighted by Gasteiger charge is -2.25. The van der Waals surface area contributed by atoms with Gasteiger partial charge in [-0.15, -0.1) is 0 Å². The Bertz CT molecular complexity index is 1200. The summed E-state index contributed by atoms with van der Waals surface area (Å²) in [7, 11) is 0. The molecular weight excluding hydrogens is 466 g/mol. The molecule has 3 aromatic rings. The van der Waals surface area contributed by atoms with E-state index in [0.717, 1.165) is 16.5 Å². The Balaban J connectivity index is 1.71. The van der Waals surface area contributed by atoms with Crippen molar-refractivity contribution in [2.75, 3.05) is 6.54 Å². The zero-order chi connectivity index (χ0) is 26.2. The van der Waals surface area contributed by atoms with Crippen molar-refractivity contribution >= 4 is 34.6 Å². The molecule has 12 heteroatoms. The number of fused-ring (bicyclic) bond motifs is 1. The molecule has 0 aliphatic carbocycles. The second-order valence-electron chi connectivity index (χ2n) is 8.85. The quantitative estimate of drug-likeness (QED) is 0.180. The number of carbonyl (C=O) groups excluding carboxylic acids is 3. The lowest BCUT2D eigenvalue weighted by Crippen LogP contribution is -2.58. The fraction of sp³-hybridized carbons (Fsp3) is 0.375. The van der Waals surface area contributed by atoms with Gasteiger partial charge in [0.1, 0.15) is 18.6 Å². The average molecular weight is 498 g/mol. The summed E-state index contributed by atoms with van der Waals surface area (Å²) >= 11 is 0. The largest absolute Gasteiger partial charge is 0.480 e. The summed E-state index contributed by atoms with van der Waals surface area (Å²) in [5, 5.41) is 17.4. The number of carboxylic acid groups (broad SMARTS) is 1. The van der Waals surface area contributed by atoms with Crippen molar-refractivity contribution in [2.24, 2.45) is 11.7 Å². The van der Waals surface area contributed by atoms with Crippen LogP contribution in [0.1, 0.15) is 25.1 Å². The highest BCUT2D eigenvalue weighted by molar-refractivity contribution is 5.94. The van der Waals surface area contributed by atoms with Crippen molar-refractivity contribution in [2.45, 2.75) is 44.8 Å². The van der Waals surface area contributed by atoms with Gasteiger partial charge in [0, 0.05) is 35.4 Å². The number of aromatic amines is 2. The first-order valence-electron chi connectivity index (χ1n) is 11.5. The third-order valence-corrected chi connectivity index (χ3v) is 5.72. The Kier molecular flexibility index (Phi) is 8.79. The van der Waals surface area contributed by atoms with Gasteiger partial charge in [-0.25, -0.2) is 4.98 Å². The SMILES string of the molecule is CC(C)C(NC(=O)C(Cc1cnc[nH]1)NC(=O)C(N)Cc1c[nH]c2ccccc12)C(=O)NCC(=O)O. The second kappa shape index (κ2) is 12.0. The third kappa shape index (κ3) is 6.92. The molecule has 3 rings (SSSR count). The van der Waals surface area contributed by atoms with Crippen molar-refractivity contribution in [3.05, 3.63) is 54.2 Å². The van der Waals surface area contributed by atoms with Crippen molar-refractivity contribution in [3.63, 3.8) is 0 Å². The van der Waals surface area contributed by atoms with Gasteiger partial charge < -0.3 is 36.8 Å². The van der Waals surface area contributed by atoms with Crippen LogP contribution in [0.3, 0.4) is 0 Å². The summed E-state index contributed by atoms with van der Waals surface area (Å²) < 4.78 is 0. The minimum absolute atomic E-state index is 0.0823. The maximum absolute atomic E-state index is 13.2. The smallest absolute Gasteiger partial charge is 0.322 e. The molecule has 12 nitrogen and oxygen atoms in total. The van der Waals surface area contributed by atoms with Crippen LogP contribution in [0.25, 0.3) is 10.9 Å². The van der Waals surface area contributed by atoms with Gasteiger partial charge in [0.15, 0.2) is 0 Å². The summed E-state index contributed by atoms with van der Waals surface area (Å²) in [5.74, 6) is -3.32. The number of aliphatic carboxylic acids is 1. The minimum Gasteiger partial charge on any atom is -0.480 e. The molecule has 0 aliphatic heterocycles. The van der Waals surface area contributed by atoms with Gasteiger partial charge in [0.05, 0.1) is 12.4 Å². The van der Waals surface area contributed by atoms with Crippen molar-refractivity contribution in [1.82, 2.24) is 30.9 Å². The first-order chi connectivity index (χ1) is 17.2. The van der Waals surface area contributed by atoms with Gasteiger partial charge in [0.25, 0.3) is 0 Å². The molecule has 8 N–H and O–H groups in total. The molecule has 0 fully saturated rings. The van der Waals surface area contributed by atoms with Crippen LogP contribution in [0.5, 0.6) is 0 Å². The third-order valence-electron chi connectivity index (χ3n) is 5.72. The molecule has 0 aliphatic rings. The Morgan fingerprint density at radius 2 is 1.78 bits per heavy atom. The van der Waals surface area contributed by atoms with E-state index >= 15 is 0 Å². The van der Waals surface area contributed by atoms with Crippen LogP contribution in [0, 0.1) is 5.92 Å². The number of carbonyl (C=O) groups is 4. The first kappa shape index (κ1) is 26.4. The molecule has 36 heavy (non-hydrogen) atoms. The molecular formula is C24H31N7O5. The van der Waals surface area contributed by atoms with E-state index in [1.165, 1.54) is 12.5 Å². The van der Waals surface area contributed by atoms with Crippen LogP contribution < -0.4 is 21.7 Å². The van der Waals surface area contributed by atoms with E-state index in [2.05, 4.69) is 30.9 Å². The van der Waals surface area contributed by atoms with E-state index in [1.54, 1.807) is 20.0 Å². The summed E-state index contributed by atoms with van der Waals surface area (Å²) in [6.07, 6.45) is 5.11. The van der Waals surface area contributed by atoms with Crippen LogP contribution in [-0.4, -0.2) is 68.4 Å². The van der Waals surface area contributed by atoms with Crippen LogP contribution in [0.4, 0.5) is 0 Å². The van der Waals surface area contributed by atoms with E-state index in [-0.39, 0.29) is 18.8 Å². The number of imidazole rings is 1. The molecule has 192 valence electrons. The molecule has 3 unspecified atom stereocenters. The normalized spacial score (nSPS) is 13.7. The maximum atomic E-state index is 13.2. The van der Waals surface area contributed by atoms with E-state index < -0.39 is 48.4 Å². The number of carboxylic acids is 1. The molecule has 0 radical (unpaired) electrons. The van der Waals surface area contributed by atoms with Gasteiger partial charge >= 0.3 is 5.97 Å². The lowest BCUT2D eigenvalue weighted by molar-refractivity contribution is -0.139. The Labute approximate surface area is 207 Å². The molecule has 3 atom stereocenters. The lowest BCUT2D eigenvalue weighted by atomic mass is 10.0. The molecule has 2 aromatic heterocycles. The number of rotatable bonds is 12. The maximum Gasteiger partial charge on any atom is 0.322 e. The molecule has 1 aromatic carbocycles. The van der Waals surface area contributed by atoms with Gasteiger partial charge in [-0.1, -0.05) is 32.0 Å². The van der Waals surface area contributed by atoms with Gasteiger partial charge in [-0.05, 0) is 24.0 Å². The fourth-order valence-electron chi connectivity index (χ4n) is 3.80. The number of hydrogen-bond acceptors (Lipinski definition) is 6. The molecule has 3 amide bonds. The highest BCUT2D eigenvalue weighted by Gasteiger charge is 2.30. The Hall–Kier alpha value is -4.19. The van der Waals surface area contributed by atoms with E-state index in [4.69, 9.17) is 10.8 Å². The number of aromatic nitrogens is 3. The number of benzene rings is 1. The zero-order valence-electron chi connectivity index (χ0n) is 20.1. The summed E-state index contributed by atoms with van der Waals surface area (Å²) in [6.45, 7) is 2.85. The summed E-state index contributed by atoms with van der Waals surface area (Å²) in [6, 6.07) is 4.67. The number of nitrogens with zero attached hydrogens (tertiary/aromatic N) is 1. The number of amides is 3. The molecule has 2 heterocycles. The monoisotopic (exact) mass is 497 g/mol. The highest BCUT2D eigenvalue weighted by Crippen LogP contribution is 2.18. The Morgan fingerprint density at radius 1 is 1.03 bits per heavy atom. The number of H-pyrrole nitrogens is 2. The predicted molar refractivity (Wildman–Crippen MR) is 132 cm³/mol. The molecule has 0 bridgehead atoms. The second-order valence-corrected chi connectivity index (χ2v) is 8.85. The summed E-state index contributed by atoms with van der Waals surface area (Å²) in [4.78, 5) is 59.4. The standard InChI is InChI=1S/C24H31N7O5/c1-13(2)21(24(36)28-11-20(32)33)31-23(35)19(8-15-10-26-12-29-15)30-22(34)17(25)7-14-9-27-18-6-4-3-5-16(14)18/h3-6,9-10,12-13,17,19,21,27H,7-8,11,25H2,1-2H3,(H,26,29)(H,28,36)(H,30,34)(H,31,35)(H,32,33). The highest BCUT2D eigenvalue weighted by atomic mass is 16.4. The average Bonchev–Trinajstić information content (AvgIpc) is 3.50. The molecule has 0 saturated heterocycles. The van der Waals surface area contributed by atoms with Gasteiger partial charge in [-0.2, -0.15) is 0 Å². The first-order valence-corrected chi connectivity index (χ1v) is 11.5. The number of nitrogens with one attached hydrogen (secondary N) is 5. The van der Waals surface area contributed by atoms with Gasteiger partial charge in [0.2, 0.25) is 17.7 Å². The Morgan fingerprint density at radius 3 is 2.44 bits per heavy atom. The number of para-hydroxylation sites is 1. The topological polar surface area (TPSA) is 195 Å². The van der Waals surface area contributed by atoms with E-state index in [0.29, 0.717) is 5.69 Å².